The van der Waals surface area contributed by atoms with E-state index >= 15 is 0 Å². The van der Waals surface area contributed by atoms with Crippen LogP contribution in [-0.2, 0) is 40.2 Å². The third-order valence-corrected chi connectivity index (χ3v) is 12.7. The number of fused-ring (bicyclic) bond motifs is 2. The highest BCUT2D eigenvalue weighted by Crippen LogP contribution is 2.43. The van der Waals surface area contributed by atoms with Crippen molar-refractivity contribution >= 4 is 108 Å². The Morgan fingerprint density at radius 3 is 1.95 bits per heavy atom. The van der Waals surface area contributed by atoms with Gasteiger partial charge in [-0.15, -0.1) is 10.2 Å². The number of hydrogen-bond donors (Lipinski definition) is 6. The van der Waals surface area contributed by atoms with E-state index < -0.39 is 66.3 Å². The zero-order valence-electron chi connectivity index (χ0n) is 28.2. The Morgan fingerprint density at radius 1 is 0.679 bits per heavy atom. The molecule has 0 spiro atoms. The predicted octanol–water partition coefficient (Wildman–Crippen LogP) is 6.36. The van der Waals surface area contributed by atoms with Crippen LogP contribution in [0.5, 0.6) is 5.75 Å². The van der Waals surface area contributed by atoms with Gasteiger partial charge in [0.05, 0.1) is 21.2 Å². The van der Waals surface area contributed by atoms with E-state index in [1.165, 1.54) is 36.4 Å². The van der Waals surface area contributed by atoms with Gasteiger partial charge in [-0.3, -0.25) is 13.7 Å². The standard InChI is InChI=1S/C32H26ClN7O12S4/c1-2-14-53(42,43)19-9-7-18(8-10-19)34-31-36-30(33)37-32(38-31)35-25-16-20(54(44,45)46)15-17-6-12-23(28(41)27(17)25)39-40-24-13-11-21-22(29(24)56(50,51)52)4-3-5-26(21)55(47,48)49/h3-13,15-16,41H,2,14H2,1H3,(H,44,45,46)(H,47,48,49)(H,50,51,52)(H2,34,35,36,37,38). The number of benzene rings is 5. The molecule has 0 bridgehead atoms. The van der Waals surface area contributed by atoms with Gasteiger partial charge in [0, 0.05) is 21.8 Å². The van der Waals surface area contributed by atoms with Crippen LogP contribution < -0.4 is 10.6 Å². The lowest BCUT2D eigenvalue weighted by atomic mass is 10.1. The number of aromatic nitrogens is 3. The van der Waals surface area contributed by atoms with Crippen LogP contribution in [0.15, 0.2) is 109 Å². The van der Waals surface area contributed by atoms with E-state index in [9.17, 15) is 52.4 Å². The number of phenols is 1. The zero-order chi connectivity index (χ0) is 40.8. The molecule has 0 saturated heterocycles. The monoisotopic (exact) mass is 863 g/mol. The van der Waals surface area contributed by atoms with Gasteiger partial charge in [0.15, 0.2) is 15.6 Å². The van der Waals surface area contributed by atoms with Crippen molar-refractivity contribution in [3.05, 3.63) is 84.1 Å². The number of anilines is 4. The smallest absolute Gasteiger partial charge is 0.297 e. The molecule has 6 N–H and O–H groups in total. The lowest BCUT2D eigenvalue weighted by Crippen LogP contribution is -2.07. The van der Waals surface area contributed by atoms with Gasteiger partial charge < -0.3 is 15.7 Å². The number of rotatable bonds is 12. The van der Waals surface area contributed by atoms with Crippen molar-refractivity contribution in [3.8, 4) is 5.75 Å². The Kier molecular flexibility index (Phi) is 10.7. The molecule has 0 aliphatic carbocycles. The summed E-state index contributed by atoms with van der Waals surface area (Å²) < 4.78 is 128. The summed E-state index contributed by atoms with van der Waals surface area (Å²) >= 11 is 6.16. The lowest BCUT2D eigenvalue weighted by Gasteiger charge is -2.14. The van der Waals surface area contributed by atoms with Crippen LogP contribution in [0.3, 0.4) is 0 Å². The maximum absolute atomic E-state index is 12.5. The molecule has 0 atom stereocenters. The molecule has 56 heavy (non-hydrogen) atoms. The molecule has 0 aliphatic heterocycles. The fraction of sp³-hybridized carbons (Fsp3) is 0.0938. The number of azo groups is 1. The van der Waals surface area contributed by atoms with Gasteiger partial charge in [-0.2, -0.15) is 40.2 Å². The molecule has 1 aromatic heterocycles. The zero-order valence-corrected chi connectivity index (χ0v) is 32.2. The molecule has 5 aromatic carbocycles. The van der Waals surface area contributed by atoms with E-state index in [2.05, 4.69) is 35.8 Å². The number of aromatic hydroxyl groups is 1. The van der Waals surface area contributed by atoms with E-state index in [0.29, 0.717) is 12.1 Å². The molecule has 6 aromatic rings. The predicted molar refractivity (Wildman–Crippen MR) is 203 cm³/mol. The Balaban J connectivity index is 1.42. The van der Waals surface area contributed by atoms with Crippen molar-refractivity contribution in [2.24, 2.45) is 10.2 Å². The topological polar surface area (TPSA) is 305 Å². The lowest BCUT2D eigenvalue weighted by molar-refractivity contribution is 0.480. The molecule has 0 fully saturated rings. The van der Waals surface area contributed by atoms with Gasteiger partial charge in [0.25, 0.3) is 30.4 Å². The quantitative estimate of drug-likeness (QED) is 0.0575. The van der Waals surface area contributed by atoms with Crippen LogP contribution in [0.2, 0.25) is 5.28 Å². The highest BCUT2D eigenvalue weighted by atomic mass is 35.5. The molecule has 0 saturated carbocycles. The van der Waals surface area contributed by atoms with Gasteiger partial charge in [-0.1, -0.05) is 31.2 Å². The summed E-state index contributed by atoms with van der Waals surface area (Å²) in [6, 6.07) is 15.6. The van der Waals surface area contributed by atoms with Crippen LogP contribution >= 0.6 is 11.6 Å². The van der Waals surface area contributed by atoms with Crippen LogP contribution in [-0.4, -0.2) is 73.1 Å². The normalized spacial score (nSPS) is 12.7. The Hall–Kier alpha value is -5.40. The van der Waals surface area contributed by atoms with Gasteiger partial charge in [0.1, 0.15) is 21.2 Å². The van der Waals surface area contributed by atoms with Gasteiger partial charge >= 0.3 is 0 Å². The molecule has 0 aliphatic rings. The molecular weight excluding hydrogens is 838 g/mol. The van der Waals surface area contributed by atoms with Crippen molar-refractivity contribution in [3.63, 3.8) is 0 Å². The van der Waals surface area contributed by atoms with Crippen LogP contribution in [0.1, 0.15) is 13.3 Å². The second-order valence-electron chi connectivity index (χ2n) is 11.7. The molecule has 1 heterocycles. The Labute approximate surface area is 323 Å². The van der Waals surface area contributed by atoms with E-state index in [1.54, 1.807) is 6.92 Å². The molecular formula is C32H26ClN7O12S4. The number of hydrogen-bond acceptors (Lipinski definition) is 16. The van der Waals surface area contributed by atoms with Gasteiger partial charge in [-0.05, 0) is 78.0 Å². The minimum absolute atomic E-state index is 0.0257. The van der Waals surface area contributed by atoms with E-state index in [0.717, 1.165) is 42.5 Å². The minimum Gasteiger partial charge on any atom is -0.505 e. The molecule has 19 nitrogen and oxygen atoms in total. The summed E-state index contributed by atoms with van der Waals surface area (Å²) in [5.41, 5.74) is -0.675. The fourth-order valence-electron chi connectivity index (χ4n) is 5.55. The third kappa shape index (κ3) is 8.53. The maximum Gasteiger partial charge on any atom is 0.297 e. The first kappa shape index (κ1) is 40.3. The van der Waals surface area contributed by atoms with Crippen molar-refractivity contribution in [1.29, 1.82) is 0 Å². The van der Waals surface area contributed by atoms with E-state index in [4.69, 9.17) is 11.6 Å². The number of sulfone groups is 1. The second-order valence-corrected chi connectivity index (χ2v) is 18.4. The summed E-state index contributed by atoms with van der Waals surface area (Å²) in [5.74, 6) is -1.13. The average molecular weight is 864 g/mol. The Morgan fingerprint density at radius 2 is 1.32 bits per heavy atom. The minimum atomic E-state index is -5.11. The SMILES string of the molecule is CCCS(=O)(=O)c1ccc(Nc2nc(Cl)nc(Nc3cc(S(=O)(=O)O)cc4ccc(N=Nc5ccc6c(S(=O)(=O)O)cccc6c5S(=O)(=O)O)c(O)c34)n2)cc1. The van der Waals surface area contributed by atoms with Crippen molar-refractivity contribution in [2.75, 3.05) is 16.4 Å². The number of nitrogens with zero attached hydrogens (tertiary/aromatic N) is 5. The molecule has 0 unspecified atom stereocenters. The van der Waals surface area contributed by atoms with Gasteiger partial charge in [-0.25, -0.2) is 8.42 Å². The summed E-state index contributed by atoms with van der Waals surface area (Å²) in [6.45, 7) is 1.74. The molecule has 0 radical (unpaired) electrons. The first-order valence-corrected chi connectivity index (χ1v) is 22.0. The van der Waals surface area contributed by atoms with Crippen molar-refractivity contribution < 1.29 is 52.4 Å². The molecule has 0 amide bonds. The van der Waals surface area contributed by atoms with E-state index in [1.807, 2.05) is 0 Å². The first-order valence-electron chi connectivity index (χ1n) is 15.6. The Bertz CT molecular complexity index is 3060. The molecule has 6 rings (SSSR count). The summed E-state index contributed by atoms with van der Waals surface area (Å²) in [4.78, 5) is 10.2. The number of nitrogens with one attached hydrogen (secondary N) is 2. The average Bonchev–Trinajstić information content (AvgIpc) is 3.09. The van der Waals surface area contributed by atoms with Crippen LogP contribution in [0.25, 0.3) is 21.5 Å². The third-order valence-electron chi connectivity index (χ3n) is 7.89. The first-order chi connectivity index (χ1) is 26.2. The van der Waals surface area contributed by atoms with Gasteiger partial charge in [0.2, 0.25) is 17.2 Å². The molecule has 24 heteroatoms. The second kappa shape index (κ2) is 14.9. The highest BCUT2D eigenvalue weighted by Gasteiger charge is 2.24. The molecule has 292 valence electrons. The fourth-order valence-corrected chi connectivity index (χ4v) is 9.11. The van der Waals surface area contributed by atoms with Crippen LogP contribution in [0, 0.1) is 0 Å². The number of phenolic OH excluding ortho intramolecular Hbond substituents is 1. The number of halogens is 1. The maximum atomic E-state index is 12.5. The van der Waals surface area contributed by atoms with E-state index in [-0.39, 0.29) is 60.7 Å². The highest BCUT2D eigenvalue weighted by molar-refractivity contribution is 7.91. The largest absolute Gasteiger partial charge is 0.505 e. The summed E-state index contributed by atoms with van der Waals surface area (Å²) in [7, 11) is -18.2. The summed E-state index contributed by atoms with van der Waals surface area (Å²) in [6.07, 6.45) is 0.432. The van der Waals surface area contributed by atoms with Crippen LogP contribution in [0.4, 0.5) is 34.6 Å². The van der Waals surface area contributed by atoms with Crippen molar-refractivity contribution in [1.82, 2.24) is 15.0 Å². The summed E-state index contributed by atoms with van der Waals surface area (Å²) in [5, 5.41) is 23.8. The van der Waals surface area contributed by atoms with Crippen molar-refractivity contribution in [2.45, 2.75) is 32.9 Å².